The molecule has 0 aromatic heterocycles. The van der Waals surface area contributed by atoms with E-state index in [1.165, 1.54) is 19.2 Å². The summed E-state index contributed by atoms with van der Waals surface area (Å²) in [7, 11) is 1.53. The van der Waals surface area contributed by atoms with Gasteiger partial charge in [0, 0.05) is 25.6 Å². The molecule has 2 aromatic rings. The molecule has 2 aliphatic heterocycles. The van der Waals surface area contributed by atoms with Crippen LogP contribution in [-0.4, -0.2) is 50.8 Å². The molecule has 0 radical (unpaired) electrons. The van der Waals surface area contributed by atoms with E-state index in [4.69, 9.17) is 14.2 Å². The lowest BCUT2D eigenvalue weighted by Crippen LogP contribution is -2.56. The SMILES string of the molecule is COc1ccc2cc1OCC(=O)N[C@@H]1CNCC[C@H]1Oc1cc(F)cc(c1)CNC(=O)CC2. The normalized spacial score (nSPS) is 21.8. The average molecular weight is 458 g/mol. The minimum atomic E-state index is -0.445. The summed E-state index contributed by atoms with van der Waals surface area (Å²) in [6.07, 6.45) is 1.04. The molecule has 33 heavy (non-hydrogen) atoms. The number of fused-ring (bicyclic) bond motifs is 5. The van der Waals surface area contributed by atoms with E-state index in [1.807, 2.05) is 6.07 Å². The topological polar surface area (TPSA) is 97.9 Å². The molecule has 0 aliphatic carbocycles. The van der Waals surface area contributed by atoms with Crippen LogP contribution in [0.2, 0.25) is 0 Å². The maximum atomic E-state index is 14.2. The Bertz CT molecular complexity index is 1020. The van der Waals surface area contributed by atoms with Crippen molar-refractivity contribution in [1.29, 1.82) is 0 Å². The van der Waals surface area contributed by atoms with Gasteiger partial charge >= 0.3 is 0 Å². The van der Waals surface area contributed by atoms with E-state index in [0.29, 0.717) is 42.2 Å². The number of benzene rings is 2. The lowest BCUT2D eigenvalue weighted by atomic mass is 10.0. The van der Waals surface area contributed by atoms with Crippen LogP contribution in [-0.2, 0) is 22.6 Å². The number of piperidine rings is 1. The Hall–Kier alpha value is -3.33. The minimum absolute atomic E-state index is 0.154. The molecule has 4 rings (SSSR count). The third kappa shape index (κ3) is 6.13. The second-order valence-corrected chi connectivity index (χ2v) is 8.17. The first-order chi connectivity index (χ1) is 16.0. The summed E-state index contributed by atoms with van der Waals surface area (Å²) >= 11 is 0. The zero-order chi connectivity index (χ0) is 23.2. The fourth-order valence-electron chi connectivity index (χ4n) is 4.01. The van der Waals surface area contributed by atoms with Crippen LogP contribution >= 0.6 is 0 Å². The zero-order valence-electron chi connectivity index (χ0n) is 18.5. The van der Waals surface area contributed by atoms with Gasteiger partial charge in [0.05, 0.1) is 13.2 Å². The molecule has 176 valence electrons. The largest absolute Gasteiger partial charge is 0.493 e. The molecule has 8 nitrogen and oxygen atoms in total. The lowest BCUT2D eigenvalue weighted by molar-refractivity contribution is -0.124. The minimum Gasteiger partial charge on any atom is -0.493 e. The fraction of sp³-hybridized carbons (Fsp3) is 0.417. The molecule has 0 unspecified atom stereocenters. The predicted molar refractivity (Wildman–Crippen MR) is 119 cm³/mol. The predicted octanol–water partition coefficient (Wildman–Crippen LogP) is 1.70. The maximum Gasteiger partial charge on any atom is 0.258 e. The third-order valence-corrected chi connectivity index (χ3v) is 5.70. The third-order valence-electron chi connectivity index (χ3n) is 5.70. The summed E-state index contributed by atoms with van der Waals surface area (Å²) in [6.45, 7) is 1.23. The van der Waals surface area contributed by atoms with Crippen molar-refractivity contribution in [3.63, 3.8) is 0 Å². The molecule has 1 fully saturated rings. The molecule has 0 saturated carbocycles. The highest BCUT2D eigenvalue weighted by atomic mass is 19.1. The van der Waals surface area contributed by atoms with Crippen LogP contribution in [0.5, 0.6) is 17.2 Å². The second kappa shape index (κ2) is 10.5. The van der Waals surface area contributed by atoms with Crippen LogP contribution in [0.1, 0.15) is 24.0 Å². The van der Waals surface area contributed by atoms with Crippen molar-refractivity contribution in [1.82, 2.24) is 16.0 Å². The van der Waals surface area contributed by atoms with Crippen LogP contribution in [0.25, 0.3) is 0 Å². The number of ether oxygens (including phenoxy) is 3. The van der Waals surface area contributed by atoms with Crippen LogP contribution in [0.15, 0.2) is 36.4 Å². The van der Waals surface area contributed by atoms with Gasteiger partial charge in [0.1, 0.15) is 17.7 Å². The molecule has 9 heteroatoms. The van der Waals surface area contributed by atoms with Crippen LogP contribution in [0.4, 0.5) is 4.39 Å². The number of aryl methyl sites for hydroxylation is 1. The van der Waals surface area contributed by atoms with Crippen molar-refractivity contribution in [2.24, 2.45) is 0 Å². The molecular formula is C24H28FN3O5. The molecule has 2 atom stereocenters. The summed E-state index contributed by atoms with van der Waals surface area (Å²) in [5.41, 5.74) is 1.48. The molecule has 2 amide bonds. The Kier molecular flexibility index (Phi) is 7.29. The van der Waals surface area contributed by atoms with Gasteiger partial charge in [0.15, 0.2) is 18.1 Å². The molecule has 2 heterocycles. The highest BCUT2D eigenvalue weighted by Gasteiger charge is 2.28. The van der Waals surface area contributed by atoms with Crippen molar-refractivity contribution in [3.05, 3.63) is 53.3 Å². The maximum absolute atomic E-state index is 14.2. The van der Waals surface area contributed by atoms with Gasteiger partial charge in [-0.1, -0.05) is 6.07 Å². The van der Waals surface area contributed by atoms with E-state index < -0.39 is 5.82 Å². The summed E-state index contributed by atoms with van der Waals surface area (Å²) in [5.74, 6) is 0.407. The van der Waals surface area contributed by atoms with Crippen molar-refractivity contribution in [2.45, 2.75) is 38.0 Å². The molecule has 1 saturated heterocycles. The number of carbonyl (C=O) groups is 2. The summed E-state index contributed by atoms with van der Waals surface area (Å²) in [5, 5.41) is 9.03. The van der Waals surface area contributed by atoms with Gasteiger partial charge in [-0.05, 0) is 54.8 Å². The number of amides is 2. The van der Waals surface area contributed by atoms with E-state index in [-0.39, 0.29) is 43.5 Å². The Labute approximate surface area is 191 Å². The van der Waals surface area contributed by atoms with E-state index in [9.17, 15) is 14.0 Å². The quantitative estimate of drug-likeness (QED) is 0.603. The average Bonchev–Trinajstić information content (AvgIpc) is 2.80. The van der Waals surface area contributed by atoms with Gasteiger partial charge in [-0.3, -0.25) is 9.59 Å². The second-order valence-electron chi connectivity index (χ2n) is 8.17. The van der Waals surface area contributed by atoms with Crippen molar-refractivity contribution < 1.29 is 28.2 Å². The van der Waals surface area contributed by atoms with Gasteiger partial charge in [-0.25, -0.2) is 4.39 Å². The van der Waals surface area contributed by atoms with Crippen molar-refractivity contribution >= 4 is 11.8 Å². The summed E-state index contributed by atoms with van der Waals surface area (Å²) in [6, 6.07) is 9.47. The van der Waals surface area contributed by atoms with Gasteiger partial charge < -0.3 is 30.2 Å². The summed E-state index contributed by atoms with van der Waals surface area (Å²) in [4.78, 5) is 25.0. The highest BCUT2D eigenvalue weighted by molar-refractivity contribution is 5.78. The number of hydrogen-bond acceptors (Lipinski definition) is 6. The van der Waals surface area contributed by atoms with E-state index in [2.05, 4.69) is 16.0 Å². The molecule has 2 aliphatic rings. The van der Waals surface area contributed by atoms with Gasteiger partial charge in [0.25, 0.3) is 5.91 Å². The zero-order valence-corrected chi connectivity index (χ0v) is 18.5. The van der Waals surface area contributed by atoms with Crippen molar-refractivity contribution in [3.8, 4) is 17.2 Å². The Morgan fingerprint density at radius 2 is 1.94 bits per heavy atom. The van der Waals surface area contributed by atoms with E-state index in [0.717, 1.165) is 12.1 Å². The van der Waals surface area contributed by atoms with Gasteiger partial charge in [-0.2, -0.15) is 0 Å². The molecule has 0 spiro atoms. The van der Waals surface area contributed by atoms with Crippen molar-refractivity contribution in [2.75, 3.05) is 26.8 Å². The fourth-order valence-corrected chi connectivity index (χ4v) is 4.01. The monoisotopic (exact) mass is 457 g/mol. The number of nitrogens with one attached hydrogen (secondary N) is 3. The summed E-state index contributed by atoms with van der Waals surface area (Å²) < 4.78 is 31.3. The van der Waals surface area contributed by atoms with Gasteiger partial charge in [-0.15, -0.1) is 0 Å². The van der Waals surface area contributed by atoms with E-state index in [1.54, 1.807) is 18.2 Å². The lowest BCUT2D eigenvalue weighted by Gasteiger charge is -2.33. The number of carbonyl (C=O) groups excluding carboxylic acids is 2. The molecule has 3 N–H and O–H groups in total. The molecular weight excluding hydrogens is 429 g/mol. The van der Waals surface area contributed by atoms with E-state index >= 15 is 0 Å². The van der Waals surface area contributed by atoms with Crippen LogP contribution in [0.3, 0.4) is 0 Å². The number of rotatable bonds is 1. The van der Waals surface area contributed by atoms with Gasteiger partial charge in [0.2, 0.25) is 5.91 Å². The first kappa shape index (κ1) is 22.8. The molecule has 4 bridgehead atoms. The van der Waals surface area contributed by atoms with Crippen LogP contribution < -0.4 is 30.2 Å². The Balaban J connectivity index is 1.59. The van der Waals surface area contributed by atoms with Crippen LogP contribution in [0, 0.1) is 5.82 Å². The first-order valence-corrected chi connectivity index (χ1v) is 11.0. The number of hydrogen-bond donors (Lipinski definition) is 3. The smallest absolute Gasteiger partial charge is 0.258 e. The first-order valence-electron chi connectivity index (χ1n) is 11.0. The molecule has 2 aromatic carbocycles. The Morgan fingerprint density at radius 3 is 2.79 bits per heavy atom. The standard InChI is InChI=1S/C24H28FN3O5/c1-31-21-4-2-15-3-5-23(29)27-12-16-8-17(25)11-18(9-16)33-20-6-7-26-13-19(20)28-24(30)14-32-22(21)10-15/h2,4,8-11,19-20,26H,3,5-7,12-14H2,1H3,(H,27,29)(H,28,30)/t19-,20-/m1/s1. The number of methoxy groups -OCH3 is 1. The highest BCUT2D eigenvalue weighted by Crippen LogP contribution is 2.28. The Morgan fingerprint density at radius 1 is 1.06 bits per heavy atom. The number of halogens is 1.